The lowest BCUT2D eigenvalue weighted by Gasteiger charge is -2.51. The van der Waals surface area contributed by atoms with Crippen molar-refractivity contribution in [3.8, 4) is 79.3 Å². The average molecular weight is 892 g/mol. The van der Waals surface area contributed by atoms with Gasteiger partial charge in [-0.05, 0) is 149 Å². The zero-order valence-electron chi connectivity index (χ0n) is 39.2. The first-order chi connectivity index (χ1) is 33.9. The lowest BCUT2D eigenvalue weighted by atomic mass is 9.54. The molecule has 0 radical (unpaired) electrons. The second-order valence-electron chi connectivity index (χ2n) is 19.8. The predicted molar refractivity (Wildman–Crippen MR) is 283 cm³/mol. The first kappa shape index (κ1) is 42.4. The van der Waals surface area contributed by atoms with Crippen LogP contribution in [0.1, 0.15) is 63.5 Å². The van der Waals surface area contributed by atoms with Crippen LogP contribution in [0.25, 0.3) is 95.0 Å². The van der Waals surface area contributed by atoms with Crippen molar-refractivity contribution in [1.82, 2.24) is 19.5 Å². The van der Waals surface area contributed by atoms with Crippen molar-refractivity contribution >= 4 is 21.8 Å². The fourth-order valence-corrected chi connectivity index (χ4v) is 12.2. The Bertz CT molecular complexity index is 3540. The first-order valence-corrected chi connectivity index (χ1v) is 24.7. The number of fused-ring (bicyclic) bond motifs is 5. The smallest absolute Gasteiger partial charge is 0.164 e. The third-order valence-electron chi connectivity index (χ3n) is 15.3. The van der Waals surface area contributed by atoms with E-state index in [1.807, 2.05) is 42.5 Å². The molecular formula is C64H53N5. The maximum atomic E-state index is 9.63. The van der Waals surface area contributed by atoms with E-state index in [0.717, 1.165) is 78.8 Å². The fourth-order valence-electron chi connectivity index (χ4n) is 12.2. The molecule has 10 aromatic rings. The second-order valence-corrected chi connectivity index (χ2v) is 19.8. The third kappa shape index (κ3) is 8.00. The lowest BCUT2D eigenvalue weighted by Crippen LogP contribution is -2.42. The summed E-state index contributed by atoms with van der Waals surface area (Å²) in [6.07, 6.45) is 8.16. The van der Waals surface area contributed by atoms with E-state index in [-0.39, 0.29) is 0 Å². The Hall–Kier alpha value is -7.94. The molecule has 0 amide bonds. The highest BCUT2D eigenvalue weighted by Gasteiger charge is 2.45. The van der Waals surface area contributed by atoms with Gasteiger partial charge in [-0.1, -0.05) is 160 Å². The van der Waals surface area contributed by atoms with Crippen molar-refractivity contribution in [3.63, 3.8) is 0 Å². The van der Waals surface area contributed by atoms with Gasteiger partial charge in [-0.25, -0.2) is 15.0 Å². The van der Waals surface area contributed by atoms with Crippen LogP contribution in [0.5, 0.6) is 0 Å². The van der Waals surface area contributed by atoms with Crippen LogP contribution in [0, 0.1) is 29.1 Å². The van der Waals surface area contributed by atoms with E-state index in [9.17, 15) is 5.26 Å². The molecule has 2 aromatic heterocycles. The van der Waals surface area contributed by atoms with Gasteiger partial charge in [0.2, 0.25) is 0 Å². The van der Waals surface area contributed by atoms with Gasteiger partial charge in [0, 0.05) is 33.2 Å². The Morgan fingerprint density at radius 3 is 1.77 bits per heavy atom. The van der Waals surface area contributed by atoms with Gasteiger partial charge in [0.25, 0.3) is 0 Å². The Kier molecular flexibility index (Phi) is 10.8. The SMILES string of the molecule is CC[C@@H]1C[C@@H]2C[C@H](C)CC(c3ccc(-c4ccc(-n5c6ccccc6c6cc(-c7nc(-c8ccc(-c9ccccc9)cc8)nc(-c8cccc(-c9cccc(C#N)c9)c8)n7)ccc65)cc4)cc3)(C1)C2. The van der Waals surface area contributed by atoms with Gasteiger partial charge in [-0.3, -0.25) is 0 Å². The standard InChI is InChI=1S/C64H53N5/c1-3-43-34-45-33-42(2)38-64(39-43,40-45)55-28-23-48(24-29-55)49-25-30-56(31-26-49)69-59-18-8-7-17-57(59)58-37-54(27-32-60(58)69)63-67-61(50-21-19-47(20-22-50)46-12-5-4-6-13-46)66-62(68-63)53-16-10-15-52(36-53)51-14-9-11-44(35-51)41-65/h4-32,35-37,42-43,45H,3,33-34,38-40H2,1-2H3/t42-,43+,45-,64?/m0/s1. The minimum absolute atomic E-state index is 0.336. The summed E-state index contributed by atoms with van der Waals surface area (Å²) in [5, 5.41) is 11.9. The molecule has 1 unspecified atom stereocenters. The highest BCUT2D eigenvalue weighted by atomic mass is 15.0. The van der Waals surface area contributed by atoms with Crippen LogP contribution in [0.3, 0.4) is 0 Å². The summed E-state index contributed by atoms with van der Waals surface area (Å²) >= 11 is 0. The molecule has 8 aromatic carbocycles. The maximum absolute atomic E-state index is 9.63. The van der Waals surface area contributed by atoms with Gasteiger partial charge in [0.15, 0.2) is 17.5 Å². The van der Waals surface area contributed by atoms with Crippen molar-refractivity contribution in [2.75, 3.05) is 0 Å². The van der Waals surface area contributed by atoms with Gasteiger partial charge in [-0.15, -0.1) is 0 Å². The van der Waals surface area contributed by atoms with Crippen LogP contribution < -0.4 is 0 Å². The van der Waals surface area contributed by atoms with E-state index < -0.39 is 0 Å². The number of aromatic nitrogens is 4. The van der Waals surface area contributed by atoms with Crippen molar-refractivity contribution in [2.24, 2.45) is 17.8 Å². The van der Waals surface area contributed by atoms with Gasteiger partial charge in [0.1, 0.15) is 0 Å². The van der Waals surface area contributed by atoms with Gasteiger partial charge < -0.3 is 4.57 Å². The van der Waals surface area contributed by atoms with E-state index >= 15 is 0 Å². The molecule has 0 N–H and O–H groups in total. The van der Waals surface area contributed by atoms with Crippen molar-refractivity contribution in [1.29, 1.82) is 5.26 Å². The monoisotopic (exact) mass is 891 g/mol. The number of hydrogen-bond acceptors (Lipinski definition) is 4. The van der Waals surface area contributed by atoms with Crippen LogP contribution in [-0.2, 0) is 5.41 Å². The van der Waals surface area contributed by atoms with E-state index in [1.54, 1.807) is 5.56 Å². The Labute approximate surface area is 404 Å². The molecule has 2 aliphatic rings. The zero-order valence-corrected chi connectivity index (χ0v) is 39.2. The largest absolute Gasteiger partial charge is 0.309 e. The van der Waals surface area contributed by atoms with Gasteiger partial charge >= 0.3 is 0 Å². The molecule has 2 fully saturated rings. The molecule has 5 heteroatoms. The summed E-state index contributed by atoms with van der Waals surface area (Å²) in [5.41, 5.74) is 15.3. The molecule has 4 atom stereocenters. The summed E-state index contributed by atoms with van der Waals surface area (Å²) < 4.78 is 2.37. The molecule has 69 heavy (non-hydrogen) atoms. The summed E-state index contributed by atoms with van der Waals surface area (Å²) in [4.78, 5) is 15.5. The molecule has 12 rings (SSSR count). The molecule has 334 valence electrons. The Morgan fingerprint density at radius 2 is 1.04 bits per heavy atom. The van der Waals surface area contributed by atoms with Gasteiger partial charge in [-0.2, -0.15) is 5.26 Å². The van der Waals surface area contributed by atoms with Crippen LogP contribution in [-0.4, -0.2) is 19.5 Å². The van der Waals surface area contributed by atoms with E-state index in [2.05, 4.69) is 176 Å². The Morgan fingerprint density at radius 1 is 0.493 bits per heavy atom. The van der Waals surface area contributed by atoms with E-state index in [4.69, 9.17) is 15.0 Å². The lowest BCUT2D eigenvalue weighted by molar-refractivity contribution is 0.0702. The summed E-state index contributed by atoms with van der Waals surface area (Å²) in [6.45, 7) is 4.87. The maximum Gasteiger partial charge on any atom is 0.164 e. The summed E-state index contributed by atoms with van der Waals surface area (Å²) in [5.74, 6) is 4.30. The van der Waals surface area contributed by atoms with Crippen LogP contribution in [0.15, 0.2) is 194 Å². The Balaban J connectivity index is 0.907. The minimum Gasteiger partial charge on any atom is -0.309 e. The quantitative estimate of drug-likeness (QED) is 0.145. The fraction of sp³-hybridized carbons (Fsp3) is 0.188. The van der Waals surface area contributed by atoms with Crippen molar-refractivity contribution < 1.29 is 0 Å². The van der Waals surface area contributed by atoms with Crippen molar-refractivity contribution in [2.45, 2.75) is 57.8 Å². The first-order valence-electron chi connectivity index (χ1n) is 24.7. The predicted octanol–water partition coefficient (Wildman–Crippen LogP) is 16.3. The van der Waals surface area contributed by atoms with Crippen LogP contribution in [0.4, 0.5) is 0 Å². The molecule has 0 aliphatic heterocycles. The molecule has 5 nitrogen and oxygen atoms in total. The highest BCUT2D eigenvalue weighted by Crippen LogP contribution is 2.55. The normalized spacial score (nSPS) is 18.8. The van der Waals surface area contributed by atoms with E-state index in [1.165, 1.54) is 55.0 Å². The number of nitrogens with zero attached hydrogens (tertiary/aromatic N) is 5. The van der Waals surface area contributed by atoms with Crippen LogP contribution in [0.2, 0.25) is 0 Å². The molecule has 2 heterocycles. The molecule has 0 spiro atoms. The minimum atomic E-state index is 0.336. The number of para-hydroxylation sites is 1. The molecule has 2 bridgehead atoms. The van der Waals surface area contributed by atoms with Gasteiger partial charge in [0.05, 0.1) is 22.7 Å². The molecule has 2 aliphatic carbocycles. The molecule has 0 saturated heterocycles. The topological polar surface area (TPSA) is 67.4 Å². The number of nitriles is 1. The molecular weight excluding hydrogens is 839 g/mol. The van der Waals surface area contributed by atoms with Crippen LogP contribution >= 0.6 is 0 Å². The number of rotatable bonds is 9. The second kappa shape index (κ2) is 17.6. The third-order valence-corrected chi connectivity index (χ3v) is 15.3. The number of benzene rings is 8. The summed E-state index contributed by atoms with van der Waals surface area (Å²) in [6, 6.07) is 71.0. The highest BCUT2D eigenvalue weighted by molar-refractivity contribution is 6.10. The average Bonchev–Trinajstić information content (AvgIpc) is 3.74. The van der Waals surface area contributed by atoms with E-state index in [0.29, 0.717) is 28.5 Å². The molecule has 2 saturated carbocycles. The summed E-state index contributed by atoms with van der Waals surface area (Å²) in [7, 11) is 0. The van der Waals surface area contributed by atoms with Crippen molar-refractivity contribution in [3.05, 3.63) is 205 Å². The zero-order chi connectivity index (χ0) is 46.5. The number of hydrogen-bond donors (Lipinski definition) is 0.